The van der Waals surface area contributed by atoms with Crippen molar-refractivity contribution in [3.63, 3.8) is 0 Å². The average Bonchev–Trinajstić information content (AvgIpc) is 2.71. The van der Waals surface area contributed by atoms with Crippen LogP contribution in [0.15, 0.2) is 47.9 Å². The van der Waals surface area contributed by atoms with Crippen molar-refractivity contribution >= 4 is 23.3 Å². The van der Waals surface area contributed by atoms with Crippen LogP contribution in [0.3, 0.4) is 0 Å². The molecule has 1 aliphatic rings. The molecule has 30 heavy (non-hydrogen) atoms. The number of halogens is 4. The molecule has 9 heteroatoms. The second-order valence-corrected chi connectivity index (χ2v) is 7.39. The number of anilines is 1. The van der Waals surface area contributed by atoms with Gasteiger partial charge in [0.1, 0.15) is 5.82 Å². The van der Waals surface area contributed by atoms with E-state index in [1.165, 1.54) is 17.0 Å². The zero-order chi connectivity index (χ0) is 22.1. The molecule has 1 aliphatic heterocycles. The molecular weight excluding hydrogens is 417 g/mol. The van der Waals surface area contributed by atoms with E-state index < -0.39 is 28.7 Å². The predicted octanol–water partition coefficient (Wildman–Crippen LogP) is 4.83. The third kappa shape index (κ3) is 4.23. The van der Waals surface area contributed by atoms with Gasteiger partial charge in [0.15, 0.2) is 0 Å². The van der Waals surface area contributed by atoms with Gasteiger partial charge in [-0.2, -0.15) is 13.2 Å². The largest absolute Gasteiger partial charge is 0.417 e. The van der Waals surface area contributed by atoms with Crippen molar-refractivity contribution in [2.45, 2.75) is 38.9 Å². The summed E-state index contributed by atoms with van der Waals surface area (Å²) in [6.07, 6.45) is -1.76. The molecule has 1 aromatic carbocycles. The van der Waals surface area contributed by atoms with Gasteiger partial charge in [-0.3, -0.25) is 4.79 Å². The Balaban J connectivity index is 1.86. The number of pyridine rings is 1. The molecule has 1 atom stereocenters. The highest BCUT2D eigenvalue weighted by Gasteiger charge is 2.36. The quantitative estimate of drug-likeness (QED) is 0.717. The molecule has 0 fully saturated rings. The second-order valence-electron chi connectivity index (χ2n) is 7.01. The van der Waals surface area contributed by atoms with E-state index in [1.807, 2.05) is 19.1 Å². The van der Waals surface area contributed by atoms with Crippen molar-refractivity contribution in [1.29, 1.82) is 0 Å². The monoisotopic (exact) mass is 438 g/mol. The number of aromatic nitrogens is 1. The number of carbonyl (C=O) groups excluding carboxylic acids is 1. The maximum Gasteiger partial charge on any atom is 0.417 e. The molecule has 1 unspecified atom stereocenters. The van der Waals surface area contributed by atoms with Crippen molar-refractivity contribution in [3.05, 3.63) is 69.6 Å². The van der Waals surface area contributed by atoms with E-state index in [-0.39, 0.29) is 12.1 Å². The van der Waals surface area contributed by atoms with Crippen LogP contribution in [-0.4, -0.2) is 28.4 Å². The number of nitrogens with two attached hydrogens (primary N) is 1. The zero-order valence-electron chi connectivity index (χ0n) is 16.6. The fourth-order valence-electron chi connectivity index (χ4n) is 3.45. The van der Waals surface area contributed by atoms with Crippen molar-refractivity contribution in [3.8, 4) is 0 Å². The first-order valence-corrected chi connectivity index (χ1v) is 9.89. The van der Waals surface area contributed by atoms with Crippen molar-refractivity contribution in [2.24, 2.45) is 5.73 Å². The molecule has 0 radical (unpaired) electrons. The van der Waals surface area contributed by atoms with Gasteiger partial charge in [0.25, 0.3) is 5.91 Å². The number of amides is 1. The summed E-state index contributed by atoms with van der Waals surface area (Å²) < 4.78 is 39.4. The van der Waals surface area contributed by atoms with Gasteiger partial charge in [-0.15, -0.1) is 0 Å². The number of hydrogen-bond donors (Lipinski definition) is 2. The first-order chi connectivity index (χ1) is 14.1. The maximum atomic E-state index is 13.1. The van der Waals surface area contributed by atoms with Gasteiger partial charge < -0.3 is 16.0 Å². The van der Waals surface area contributed by atoms with E-state index >= 15 is 0 Å². The van der Waals surface area contributed by atoms with Gasteiger partial charge in [0.05, 0.1) is 27.9 Å². The van der Waals surface area contributed by atoms with E-state index in [1.54, 1.807) is 13.1 Å². The summed E-state index contributed by atoms with van der Waals surface area (Å²) in [7, 11) is 0. The number of nitrogens with one attached hydrogen (secondary N) is 1. The summed E-state index contributed by atoms with van der Waals surface area (Å²) >= 11 is 5.93. The average molecular weight is 439 g/mol. The number of nitrogens with zero attached hydrogens (tertiary/aromatic N) is 2. The molecule has 0 saturated heterocycles. The molecule has 3 rings (SSSR count). The molecule has 0 bridgehead atoms. The minimum atomic E-state index is -4.64. The van der Waals surface area contributed by atoms with Crippen LogP contribution < -0.4 is 11.1 Å². The summed E-state index contributed by atoms with van der Waals surface area (Å²) in [5.41, 5.74) is 7.27. The van der Waals surface area contributed by atoms with E-state index in [9.17, 15) is 18.0 Å². The number of rotatable bonds is 4. The second kappa shape index (κ2) is 8.55. The first kappa shape index (κ1) is 22.0. The van der Waals surface area contributed by atoms with E-state index in [0.717, 1.165) is 23.7 Å². The number of carbonyl (C=O) groups is 1. The number of alkyl halides is 3. The van der Waals surface area contributed by atoms with Gasteiger partial charge in [-0.1, -0.05) is 30.7 Å². The lowest BCUT2D eigenvalue weighted by Crippen LogP contribution is -2.46. The molecule has 0 saturated carbocycles. The summed E-state index contributed by atoms with van der Waals surface area (Å²) in [6, 6.07) is 6.62. The Bertz CT molecular complexity index is 990. The van der Waals surface area contributed by atoms with E-state index in [2.05, 4.69) is 10.3 Å². The van der Waals surface area contributed by atoms with Crippen LogP contribution in [0, 0.1) is 0 Å². The van der Waals surface area contributed by atoms with Crippen molar-refractivity contribution in [1.82, 2.24) is 9.88 Å². The molecule has 5 nitrogen and oxygen atoms in total. The van der Waals surface area contributed by atoms with Crippen molar-refractivity contribution in [2.75, 3.05) is 11.9 Å². The van der Waals surface area contributed by atoms with Gasteiger partial charge >= 0.3 is 6.18 Å². The van der Waals surface area contributed by atoms with E-state index in [0.29, 0.717) is 17.9 Å². The third-order valence-electron chi connectivity index (χ3n) is 5.21. The zero-order valence-corrected chi connectivity index (χ0v) is 17.3. The minimum absolute atomic E-state index is 0.194. The number of benzene rings is 1. The Kier molecular flexibility index (Phi) is 6.26. The maximum absolute atomic E-state index is 13.1. The highest BCUT2D eigenvalue weighted by Crippen LogP contribution is 2.37. The third-order valence-corrected chi connectivity index (χ3v) is 5.61. The molecule has 160 valence electrons. The van der Waals surface area contributed by atoms with Crippen LogP contribution in [0.25, 0.3) is 0 Å². The Morgan fingerprint density at radius 2 is 2.07 bits per heavy atom. The minimum Gasteiger partial charge on any atom is -0.399 e. The van der Waals surface area contributed by atoms with Gasteiger partial charge in [-0.25, -0.2) is 4.98 Å². The lowest BCUT2D eigenvalue weighted by atomic mass is 10.0. The highest BCUT2D eigenvalue weighted by atomic mass is 35.5. The lowest BCUT2D eigenvalue weighted by Gasteiger charge is -2.36. The molecular formula is C21H22ClF3N4O. The molecule has 3 N–H and O–H groups in total. The Hall–Kier alpha value is -2.74. The van der Waals surface area contributed by atoms with Crippen LogP contribution in [0.5, 0.6) is 0 Å². The van der Waals surface area contributed by atoms with Crippen LogP contribution in [0.1, 0.15) is 41.8 Å². The fraction of sp³-hybridized carbons (Fsp3) is 0.333. The molecule has 0 aliphatic carbocycles. The topological polar surface area (TPSA) is 71.2 Å². The molecule has 2 aromatic rings. The summed E-state index contributed by atoms with van der Waals surface area (Å²) in [5.74, 6) is 0.110. The summed E-state index contributed by atoms with van der Waals surface area (Å²) in [6.45, 7) is 4.03. The van der Waals surface area contributed by atoms with Crippen LogP contribution >= 0.6 is 11.6 Å². The molecule has 1 aromatic heterocycles. The first-order valence-electron chi connectivity index (χ1n) is 9.51. The lowest BCUT2D eigenvalue weighted by molar-refractivity contribution is -0.137. The SMILES string of the molecule is CCc1cccnc1NC1=C(N)C(C)N(C(=O)c2cccc(C(F)(F)F)c2Cl)CC1. The molecule has 2 heterocycles. The fourth-order valence-corrected chi connectivity index (χ4v) is 3.77. The Labute approximate surface area is 177 Å². The van der Waals surface area contributed by atoms with Crippen LogP contribution in [-0.2, 0) is 12.6 Å². The summed E-state index contributed by atoms with van der Waals surface area (Å²) in [5, 5.41) is 2.65. The van der Waals surface area contributed by atoms with Gasteiger partial charge in [0, 0.05) is 24.9 Å². The Morgan fingerprint density at radius 3 is 2.73 bits per heavy atom. The normalized spacial score (nSPS) is 17.3. The van der Waals surface area contributed by atoms with E-state index in [4.69, 9.17) is 17.3 Å². The van der Waals surface area contributed by atoms with Crippen LogP contribution in [0.4, 0.5) is 19.0 Å². The highest BCUT2D eigenvalue weighted by molar-refractivity contribution is 6.34. The predicted molar refractivity (Wildman–Crippen MR) is 110 cm³/mol. The Morgan fingerprint density at radius 1 is 1.33 bits per heavy atom. The van der Waals surface area contributed by atoms with Gasteiger partial charge in [-0.05, 0) is 37.1 Å². The summed E-state index contributed by atoms with van der Waals surface area (Å²) in [4.78, 5) is 18.8. The molecule has 1 amide bonds. The standard InChI is InChI=1S/C21H22ClF3N4O/c1-3-13-6-5-10-27-19(13)28-16-9-11-29(12(2)18(16)26)20(30)14-7-4-8-15(17(14)22)21(23,24)25/h4-8,10,12H,3,9,11,26H2,1-2H3,(H,27,28). The van der Waals surface area contributed by atoms with Crippen molar-refractivity contribution < 1.29 is 18.0 Å². The number of hydrogen-bond acceptors (Lipinski definition) is 4. The smallest absolute Gasteiger partial charge is 0.399 e. The van der Waals surface area contributed by atoms with Crippen LogP contribution in [0.2, 0.25) is 5.02 Å². The van der Waals surface area contributed by atoms with Gasteiger partial charge in [0.2, 0.25) is 0 Å². The molecule has 0 spiro atoms. The number of aryl methyl sites for hydroxylation is 1.